The van der Waals surface area contributed by atoms with Crippen LogP contribution in [0.2, 0.25) is 0 Å². The second-order valence-corrected chi connectivity index (χ2v) is 5.14. The van der Waals surface area contributed by atoms with E-state index in [0.29, 0.717) is 5.69 Å². The number of nitrogens with one attached hydrogen (secondary N) is 1. The third-order valence-electron chi connectivity index (χ3n) is 3.41. The number of hydrogen-bond acceptors (Lipinski definition) is 6. The lowest BCUT2D eigenvalue weighted by atomic mass is 9.96. The van der Waals surface area contributed by atoms with Crippen molar-refractivity contribution < 1.29 is 27.8 Å². The molecule has 7 nitrogen and oxygen atoms in total. The Bertz CT molecular complexity index is 676. The van der Waals surface area contributed by atoms with Gasteiger partial charge >= 0.3 is 12.3 Å². The molecule has 1 aromatic carbocycles. The van der Waals surface area contributed by atoms with E-state index in [-0.39, 0.29) is 12.3 Å². The first-order chi connectivity index (χ1) is 11.8. The van der Waals surface area contributed by atoms with Crippen molar-refractivity contribution in [1.29, 1.82) is 0 Å². The molecule has 136 valence electrons. The molecule has 0 saturated carbocycles. The highest BCUT2D eigenvalue weighted by molar-refractivity contribution is 6.11. The average molecular weight is 358 g/mol. The Balaban J connectivity index is 2.30. The lowest BCUT2D eigenvalue weighted by Gasteiger charge is -2.24. The Hall–Kier alpha value is -2.62. The normalized spacial score (nSPS) is 21.1. The number of rotatable bonds is 4. The first-order valence-electron chi connectivity index (χ1n) is 7.40. The highest BCUT2D eigenvalue weighted by Crippen LogP contribution is 2.32. The Morgan fingerprint density at radius 3 is 2.60 bits per heavy atom. The highest BCUT2D eigenvalue weighted by Gasteiger charge is 2.49. The number of carbonyl (C=O) groups excluding carboxylic acids is 1. The van der Waals surface area contributed by atoms with E-state index in [9.17, 15) is 23.1 Å². The smallest absolute Gasteiger partial charge is 0.432 e. The fourth-order valence-corrected chi connectivity index (χ4v) is 2.36. The Kier molecular flexibility index (Phi) is 5.62. The van der Waals surface area contributed by atoms with Gasteiger partial charge in [0.1, 0.15) is 0 Å². The Morgan fingerprint density at radius 2 is 2.04 bits per heavy atom. The van der Waals surface area contributed by atoms with Crippen molar-refractivity contribution in [1.82, 2.24) is 5.43 Å². The fraction of sp³-hybridized carbons (Fsp3) is 0.400. The molecule has 1 aliphatic heterocycles. The summed E-state index contributed by atoms with van der Waals surface area (Å²) >= 11 is 0. The number of benzene rings is 1. The maximum absolute atomic E-state index is 13.4. The van der Waals surface area contributed by atoms with Gasteiger partial charge in [-0.3, -0.25) is 0 Å². The van der Waals surface area contributed by atoms with E-state index in [2.05, 4.69) is 14.9 Å². The topological polar surface area (TPSA) is 86.5 Å². The van der Waals surface area contributed by atoms with E-state index >= 15 is 0 Å². The van der Waals surface area contributed by atoms with E-state index < -0.39 is 30.1 Å². The molecule has 1 aliphatic rings. The predicted octanol–water partition coefficient (Wildman–Crippen LogP) is 2.48. The molecule has 0 bridgehead atoms. The molecule has 0 aromatic heterocycles. The number of para-hydroxylation sites is 1. The number of aliphatic hydroxyl groups is 1. The fourth-order valence-electron chi connectivity index (χ4n) is 2.36. The molecule has 10 heteroatoms. The Labute approximate surface area is 141 Å². The van der Waals surface area contributed by atoms with Crippen LogP contribution in [-0.2, 0) is 4.74 Å². The minimum Gasteiger partial charge on any atom is -0.449 e. The molecule has 0 radical (unpaired) electrons. The molecule has 1 amide bonds. The molecule has 0 fully saturated rings. The molecule has 2 atom stereocenters. The summed E-state index contributed by atoms with van der Waals surface area (Å²) in [5.74, 6) is -1.55. The zero-order valence-electron chi connectivity index (χ0n) is 13.5. The van der Waals surface area contributed by atoms with Crippen LogP contribution in [0.4, 0.5) is 23.7 Å². The van der Waals surface area contributed by atoms with Gasteiger partial charge in [0.2, 0.25) is 0 Å². The number of anilines is 1. The third kappa shape index (κ3) is 4.27. The summed E-state index contributed by atoms with van der Waals surface area (Å²) < 4.78 is 44.6. The zero-order valence-corrected chi connectivity index (χ0v) is 13.5. The van der Waals surface area contributed by atoms with Gasteiger partial charge in [-0.15, -0.1) is 0 Å². The van der Waals surface area contributed by atoms with Gasteiger partial charge in [0.05, 0.1) is 18.2 Å². The van der Waals surface area contributed by atoms with Gasteiger partial charge in [-0.1, -0.05) is 18.2 Å². The number of hydrazone groups is 2. The predicted molar refractivity (Wildman–Crippen MR) is 85.2 cm³/mol. The molecule has 2 rings (SSSR count). The van der Waals surface area contributed by atoms with Crippen molar-refractivity contribution in [2.75, 3.05) is 11.6 Å². The number of amides is 1. The van der Waals surface area contributed by atoms with Crippen LogP contribution in [0.15, 0.2) is 40.5 Å². The van der Waals surface area contributed by atoms with Crippen LogP contribution < -0.4 is 10.4 Å². The maximum Gasteiger partial charge on any atom is 0.432 e. The van der Waals surface area contributed by atoms with Crippen LogP contribution in [0, 0.1) is 5.92 Å². The molecular formula is C15H17F3N4O3. The van der Waals surface area contributed by atoms with Crippen molar-refractivity contribution in [2.24, 2.45) is 16.1 Å². The minimum absolute atomic E-state index is 0.0121. The Morgan fingerprint density at radius 1 is 1.40 bits per heavy atom. The lowest BCUT2D eigenvalue weighted by molar-refractivity contribution is -0.0643. The summed E-state index contributed by atoms with van der Waals surface area (Å²) in [6, 6.07) is 8.27. The molecule has 25 heavy (non-hydrogen) atoms. The van der Waals surface area contributed by atoms with Crippen LogP contribution in [0.1, 0.15) is 13.8 Å². The lowest BCUT2D eigenvalue weighted by Crippen LogP contribution is -2.44. The second kappa shape index (κ2) is 7.51. The van der Waals surface area contributed by atoms with Crippen LogP contribution >= 0.6 is 0 Å². The SMILES string of the molecule is CCOC(=O)N/N=C(\C1C(C)=NN(c2ccccc2)C1O)C(F)(F)F. The first kappa shape index (κ1) is 18.7. The van der Waals surface area contributed by atoms with Crippen molar-refractivity contribution in [3.63, 3.8) is 0 Å². The highest BCUT2D eigenvalue weighted by atomic mass is 19.4. The monoisotopic (exact) mass is 358 g/mol. The number of nitrogens with zero attached hydrogens (tertiary/aromatic N) is 3. The molecule has 1 heterocycles. The van der Waals surface area contributed by atoms with Gasteiger partial charge in [0.25, 0.3) is 0 Å². The number of aliphatic hydroxyl groups excluding tert-OH is 1. The zero-order chi connectivity index (χ0) is 18.6. The molecule has 0 aliphatic carbocycles. The average Bonchev–Trinajstić information content (AvgIpc) is 2.83. The van der Waals surface area contributed by atoms with Crippen LogP contribution in [0.3, 0.4) is 0 Å². The van der Waals surface area contributed by atoms with Gasteiger partial charge in [0.15, 0.2) is 11.9 Å². The van der Waals surface area contributed by atoms with Crippen LogP contribution in [0.5, 0.6) is 0 Å². The molecular weight excluding hydrogens is 341 g/mol. The molecule has 1 aromatic rings. The summed E-state index contributed by atoms with van der Waals surface area (Å²) in [6.07, 6.45) is -7.62. The van der Waals surface area contributed by atoms with E-state index in [1.807, 2.05) is 0 Å². The van der Waals surface area contributed by atoms with E-state index in [1.165, 1.54) is 13.8 Å². The van der Waals surface area contributed by atoms with Gasteiger partial charge in [-0.05, 0) is 26.0 Å². The van der Waals surface area contributed by atoms with E-state index in [1.54, 1.807) is 35.8 Å². The van der Waals surface area contributed by atoms with E-state index in [0.717, 1.165) is 5.01 Å². The third-order valence-corrected chi connectivity index (χ3v) is 3.41. The number of ether oxygens (including phenoxy) is 1. The van der Waals surface area contributed by atoms with Crippen molar-refractivity contribution in [3.8, 4) is 0 Å². The summed E-state index contributed by atoms with van der Waals surface area (Å²) in [4.78, 5) is 11.2. The number of halogens is 3. The van der Waals surface area contributed by atoms with Crippen molar-refractivity contribution >= 4 is 23.2 Å². The van der Waals surface area contributed by atoms with Gasteiger partial charge in [0, 0.05) is 5.71 Å². The van der Waals surface area contributed by atoms with Gasteiger partial charge in [-0.25, -0.2) is 15.2 Å². The molecule has 2 unspecified atom stereocenters. The first-order valence-corrected chi connectivity index (χ1v) is 7.40. The molecule has 0 spiro atoms. The second-order valence-electron chi connectivity index (χ2n) is 5.14. The quantitative estimate of drug-likeness (QED) is 0.640. The van der Waals surface area contributed by atoms with E-state index in [4.69, 9.17) is 0 Å². The van der Waals surface area contributed by atoms with Gasteiger partial charge < -0.3 is 9.84 Å². The van der Waals surface area contributed by atoms with Gasteiger partial charge in [-0.2, -0.15) is 23.4 Å². The molecule has 0 saturated heterocycles. The van der Waals surface area contributed by atoms with Crippen LogP contribution in [0.25, 0.3) is 0 Å². The van der Waals surface area contributed by atoms with Crippen molar-refractivity contribution in [3.05, 3.63) is 30.3 Å². The number of hydrogen-bond donors (Lipinski definition) is 2. The van der Waals surface area contributed by atoms with Crippen LogP contribution in [-0.4, -0.2) is 41.6 Å². The minimum atomic E-state index is -4.88. The maximum atomic E-state index is 13.4. The van der Waals surface area contributed by atoms with Crippen molar-refractivity contribution in [2.45, 2.75) is 26.3 Å². The molecule has 2 N–H and O–H groups in total. The number of carbonyl (C=O) groups is 1. The largest absolute Gasteiger partial charge is 0.449 e. The summed E-state index contributed by atoms with van der Waals surface area (Å²) in [5.41, 5.74) is 0.757. The standard InChI is InChI=1S/C15H17F3N4O3/c1-3-25-14(24)20-19-12(15(16,17)18)11-9(2)21-22(13(11)23)10-7-5-4-6-8-10/h4-8,11,13,23H,3H2,1-2H3,(H,20,24)/b19-12+. The summed E-state index contributed by atoms with van der Waals surface area (Å²) in [7, 11) is 0. The summed E-state index contributed by atoms with van der Waals surface area (Å²) in [5, 5.41) is 18.6. The number of alkyl halides is 3. The summed E-state index contributed by atoms with van der Waals surface area (Å²) in [6.45, 7) is 2.84.